The molecule has 0 heteroatoms. The van der Waals surface area contributed by atoms with Crippen LogP contribution < -0.4 is 0 Å². The molecule has 292 valence electrons. The summed E-state index contributed by atoms with van der Waals surface area (Å²) in [5, 5.41) is 8.27. The Kier molecular flexibility index (Phi) is 8.23. The third-order valence-electron chi connectivity index (χ3n) is 15.3. The molecule has 4 aliphatic rings. The molecule has 0 saturated heterocycles. The predicted octanol–water partition coefficient (Wildman–Crippen LogP) is 16.2. The molecule has 58 heavy (non-hydrogen) atoms. The molecule has 0 N–H and O–H groups in total. The van der Waals surface area contributed by atoms with Crippen molar-refractivity contribution in [1.82, 2.24) is 0 Å². The van der Waals surface area contributed by atoms with Gasteiger partial charge in [0, 0.05) is 11.3 Å². The van der Waals surface area contributed by atoms with E-state index in [1.807, 2.05) is 0 Å². The fraction of sp³-hybridized carbons (Fsp3) is 0.345. The van der Waals surface area contributed by atoms with E-state index in [0.29, 0.717) is 11.8 Å². The van der Waals surface area contributed by atoms with Crippen molar-refractivity contribution in [2.45, 2.75) is 117 Å². The second kappa shape index (κ2) is 12.8. The van der Waals surface area contributed by atoms with Crippen LogP contribution in [0.4, 0.5) is 0 Å². The van der Waals surface area contributed by atoms with Gasteiger partial charge >= 0.3 is 0 Å². The highest BCUT2D eigenvalue weighted by Crippen LogP contribution is 2.60. The summed E-state index contributed by atoms with van der Waals surface area (Å²) in [4.78, 5) is 0. The van der Waals surface area contributed by atoms with Crippen molar-refractivity contribution in [2.75, 3.05) is 0 Å². The van der Waals surface area contributed by atoms with E-state index in [1.54, 1.807) is 16.7 Å². The Morgan fingerprint density at radius 2 is 1.26 bits per heavy atom. The second-order valence-electron chi connectivity index (χ2n) is 20.7. The average molecular weight is 757 g/mol. The van der Waals surface area contributed by atoms with Crippen LogP contribution in [0.15, 0.2) is 138 Å². The molecule has 2 unspecified atom stereocenters. The number of fused-ring (bicyclic) bond motifs is 12. The largest absolute Gasteiger partial charge is 0.0764 e. The summed E-state index contributed by atoms with van der Waals surface area (Å²) in [5.41, 5.74) is 18.0. The topological polar surface area (TPSA) is 0 Å². The quantitative estimate of drug-likeness (QED) is 0.157. The van der Waals surface area contributed by atoms with Gasteiger partial charge in [-0.05, 0) is 153 Å². The lowest BCUT2D eigenvalue weighted by Gasteiger charge is -2.32. The maximum absolute atomic E-state index is 2.60. The van der Waals surface area contributed by atoms with Crippen molar-refractivity contribution in [2.24, 2.45) is 11.3 Å². The second-order valence-corrected chi connectivity index (χ2v) is 20.7. The van der Waals surface area contributed by atoms with Crippen molar-refractivity contribution in [3.63, 3.8) is 0 Å². The third-order valence-corrected chi connectivity index (χ3v) is 15.3. The summed E-state index contributed by atoms with van der Waals surface area (Å²) in [7, 11) is 0. The molecule has 0 bridgehead atoms. The van der Waals surface area contributed by atoms with Gasteiger partial charge in [0.1, 0.15) is 0 Å². The standard InChI is InChI=1S/C58H60/c1-11-58(12-2)52-28-23-36(31-47(52)46-25-24-45-43-19-14-13-17-41(43)42-18-15-16-20-44(42)53(45)54(46)58)35-21-26-50-48(32-35)49-33-37(22-27-51(49)57(50,9)10)38-29-39(55(3,4)5)34-40(30-38)56(6,7)8/h13-25,27-32,34,37,50H,11-12,26,33H2,1-10H3. The van der Waals surface area contributed by atoms with Crippen LogP contribution in [-0.2, 0) is 16.2 Å². The lowest BCUT2D eigenvalue weighted by molar-refractivity contribution is 0.337. The van der Waals surface area contributed by atoms with E-state index in [0.717, 1.165) is 25.7 Å². The molecule has 0 saturated carbocycles. The first-order chi connectivity index (χ1) is 27.7. The molecule has 0 amide bonds. The minimum absolute atomic E-state index is 0.0335. The number of rotatable bonds is 4. The summed E-state index contributed by atoms with van der Waals surface area (Å²) in [6.45, 7) is 23.9. The lowest BCUT2D eigenvalue weighted by atomic mass is 9.71. The van der Waals surface area contributed by atoms with Crippen molar-refractivity contribution in [1.29, 1.82) is 0 Å². The number of hydrogen-bond donors (Lipinski definition) is 0. The van der Waals surface area contributed by atoms with Crippen LogP contribution >= 0.6 is 0 Å². The highest BCUT2D eigenvalue weighted by atomic mass is 14.5. The zero-order valence-corrected chi connectivity index (χ0v) is 36.5. The summed E-state index contributed by atoms with van der Waals surface area (Å²) in [5.74, 6) is 0.885. The molecule has 4 aliphatic carbocycles. The van der Waals surface area contributed by atoms with E-state index in [-0.39, 0.29) is 21.7 Å². The van der Waals surface area contributed by atoms with Crippen LogP contribution in [0.5, 0.6) is 0 Å². The molecule has 10 rings (SSSR count). The Balaban J connectivity index is 1.08. The van der Waals surface area contributed by atoms with Gasteiger partial charge in [0.2, 0.25) is 0 Å². The van der Waals surface area contributed by atoms with Crippen LogP contribution in [0.25, 0.3) is 49.0 Å². The Hall–Kier alpha value is -4.94. The summed E-state index contributed by atoms with van der Waals surface area (Å²) in [6.07, 6.45) is 14.5. The van der Waals surface area contributed by atoms with Gasteiger partial charge in [0.25, 0.3) is 0 Å². The fourth-order valence-electron chi connectivity index (χ4n) is 11.8. The fourth-order valence-corrected chi connectivity index (χ4v) is 11.8. The van der Waals surface area contributed by atoms with E-state index in [4.69, 9.17) is 0 Å². The van der Waals surface area contributed by atoms with Crippen LogP contribution in [-0.4, -0.2) is 0 Å². The van der Waals surface area contributed by atoms with Gasteiger partial charge in [-0.3, -0.25) is 0 Å². The molecule has 2 atom stereocenters. The van der Waals surface area contributed by atoms with Gasteiger partial charge in [-0.15, -0.1) is 0 Å². The van der Waals surface area contributed by atoms with Crippen molar-refractivity contribution in [3.05, 3.63) is 171 Å². The molecule has 0 heterocycles. The van der Waals surface area contributed by atoms with Crippen molar-refractivity contribution in [3.8, 4) is 11.1 Å². The highest BCUT2D eigenvalue weighted by molar-refractivity contribution is 6.27. The molecule has 0 nitrogen and oxygen atoms in total. The normalized spacial score (nSPS) is 20.6. The first kappa shape index (κ1) is 37.3. The summed E-state index contributed by atoms with van der Waals surface area (Å²) in [6, 6.07) is 38.0. The minimum Gasteiger partial charge on any atom is -0.0764 e. The maximum atomic E-state index is 2.60. The van der Waals surface area contributed by atoms with E-state index < -0.39 is 0 Å². The molecule has 0 aromatic heterocycles. The molecule has 6 aromatic rings. The molecular weight excluding hydrogens is 697 g/mol. The predicted molar refractivity (Wildman–Crippen MR) is 251 cm³/mol. The van der Waals surface area contributed by atoms with Gasteiger partial charge in [-0.1, -0.05) is 185 Å². The van der Waals surface area contributed by atoms with Crippen LogP contribution in [0.1, 0.15) is 134 Å². The lowest BCUT2D eigenvalue weighted by Crippen LogP contribution is -2.23. The van der Waals surface area contributed by atoms with E-state index in [9.17, 15) is 0 Å². The van der Waals surface area contributed by atoms with Crippen LogP contribution in [0.3, 0.4) is 0 Å². The van der Waals surface area contributed by atoms with Crippen molar-refractivity contribution >= 4 is 37.9 Å². The zero-order valence-electron chi connectivity index (χ0n) is 36.5. The maximum Gasteiger partial charge on any atom is 0.0216 e. The molecular formula is C58H60. The van der Waals surface area contributed by atoms with Crippen LogP contribution in [0, 0.1) is 11.3 Å². The highest BCUT2D eigenvalue weighted by Gasteiger charge is 2.46. The Labute approximate surface area is 347 Å². The summed E-state index contributed by atoms with van der Waals surface area (Å²) >= 11 is 0. The van der Waals surface area contributed by atoms with E-state index >= 15 is 0 Å². The Bertz CT molecular complexity index is 2770. The van der Waals surface area contributed by atoms with Gasteiger partial charge in [-0.2, -0.15) is 0 Å². The van der Waals surface area contributed by atoms with Gasteiger partial charge in [0.05, 0.1) is 0 Å². The SMILES string of the molecule is CCC1(CC)c2ccc(C3=CCC4C(=C3)C3=C(C=CC(c5cc(C(C)(C)C)cc(C(C)(C)C)c5)C3)C4(C)C)cc2-c2ccc3c4ccccc4c4ccccc4c3c21. The van der Waals surface area contributed by atoms with Crippen molar-refractivity contribution < 1.29 is 0 Å². The first-order valence-electron chi connectivity index (χ1n) is 22.2. The Morgan fingerprint density at radius 3 is 1.88 bits per heavy atom. The van der Waals surface area contributed by atoms with Gasteiger partial charge in [-0.25, -0.2) is 0 Å². The zero-order chi connectivity index (χ0) is 40.5. The van der Waals surface area contributed by atoms with Gasteiger partial charge in [0.15, 0.2) is 0 Å². The van der Waals surface area contributed by atoms with Crippen LogP contribution in [0.2, 0.25) is 0 Å². The molecule has 0 aliphatic heterocycles. The summed E-state index contributed by atoms with van der Waals surface area (Å²) < 4.78 is 0. The van der Waals surface area contributed by atoms with E-state index in [1.165, 1.54) is 82.4 Å². The molecule has 6 aromatic carbocycles. The average Bonchev–Trinajstić information content (AvgIpc) is 3.64. The molecule has 0 fully saturated rings. The molecule has 0 radical (unpaired) electrons. The number of benzene rings is 6. The third kappa shape index (κ3) is 5.32. The monoisotopic (exact) mass is 756 g/mol. The van der Waals surface area contributed by atoms with Gasteiger partial charge < -0.3 is 0 Å². The number of hydrogen-bond acceptors (Lipinski definition) is 0. The minimum atomic E-state index is -0.0335. The first-order valence-corrected chi connectivity index (χ1v) is 22.2. The smallest absolute Gasteiger partial charge is 0.0216 e. The Morgan fingerprint density at radius 1 is 0.655 bits per heavy atom. The number of allylic oxidation sites excluding steroid dienone is 8. The molecule has 0 spiro atoms. The van der Waals surface area contributed by atoms with E-state index in [2.05, 4.69) is 191 Å².